The van der Waals surface area contributed by atoms with Crippen LogP contribution in [0.3, 0.4) is 0 Å². The first-order valence-corrected chi connectivity index (χ1v) is 5.16. The van der Waals surface area contributed by atoms with Crippen LogP contribution < -0.4 is 11.1 Å². The molecule has 0 aliphatic carbocycles. The number of carbonyl (C=O) groups is 2. The van der Waals surface area contributed by atoms with Gasteiger partial charge in [0.05, 0.1) is 0 Å². The molecule has 0 aliphatic heterocycles. The first kappa shape index (κ1) is 12.9. The summed E-state index contributed by atoms with van der Waals surface area (Å²) in [5.41, 5.74) is 5.05. The normalized spacial score (nSPS) is 11.8. The summed E-state index contributed by atoms with van der Waals surface area (Å²) in [6.45, 7) is 1.86. The average Bonchev–Trinajstić information content (AvgIpc) is 2.28. The monoisotopic (exact) mass is 238 g/mol. The van der Waals surface area contributed by atoms with E-state index in [2.05, 4.69) is 15.3 Å². The summed E-state index contributed by atoms with van der Waals surface area (Å²) in [4.78, 5) is 29.6. The predicted octanol–water partition coefficient (Wildman–Crippen LogP) is 0.241. The molecule has 1 amide bonds. The quantitative estimate of drug-likeness (QED) is 0.653. The van der Waals surface area contributed by atoms with Gasteiger partial charge in [0.15, 0.2) is 11.5 Å². The fraction of sp³-hybridized carbons (Fsp3) is 0.400. The number of primary amides is 1. The molecule has 0 fully saturated rings. The van der Waals surface area contributed by atoms with Gasteiger partial charge in [0.25, 0.3) is 5.91 Å². The van der Waals surface area contributed by atoms with E-state index in [1.807, 2.05) is 6.92 Å². The van der Waals surface area contributed by atoms with Crippen LogP contribution in [0, 0.1) is 0 Å². The number of carbonyl (C=O) groups excluding carboxylic acids is 1. The Morgan fingerprint density at radius 2 is 2.12 bits per heavy atom. The summed E-state index contributed by atoms with van der Waals surface area (Å²) in [7, 11) is 0. The Morgan fingerprint density at radius 1 is 1.47 bits per heavy atom. The van der Waals surface area contributed by atoms with Crippen molar-refractivity contribution >= 4 is 17.7 Å². The van der Waals surface area contributed by atoms with Crippen molar-refractivity contribution in [2.24, 2.45) is 5.73 Å². The number of hydrogen-bond donors (Lipinski definition) is 3. The van der Waals surface area contributed by atoms with Crippen LogP contribution in [-0.2, 0) is 4.79 Å². The molecule has 4 N–H and O–H groups in total. The van der Waals surface area contributed by atoms with E-state index in [1.165, 1.54) is 12.4 Å². The van der Waals surface area contributed by atoms with Crippen LogP contribution in [-0.4, -0.2) is 33.0 Å². The number of carboxylic acid groups (broad SMARTS) is 1. The van der Waals surface area contributed by atoms with Crippen LogP contribution in [0.2, 0.25) is 0 Å². The molecule has 1 atom stereocenters. The molecule has 0 radical (unpaired) electrons. The second-order valence-corrected chi connectivity index (χ2v) is 3.44. The number of amides is 1. The van der Waals surface area contributed by atoms with Crippen LogP contribution in [0.25, 0.3) is 0 Å². The first-order valence-electron chi connectivity index (χ1n) is 5.16. The maximum Gasteiger partial charge on any atom is 0.326 e. The number of nitrogens with two attached hydrogens (primary N) is 1. The molecule has 1 rings (SSSR count). The lowest BCUT2D eigenvalue weighted by molar-refractivity contribution is -0.138. The Hall–Kier alpha value is -2.18. The van der Waals surface area contributed by atoms with Crippen LogP contribution in [0.5, 0.6) is 0 Å². The third-order valence-corrected chi connectivity index (χ3v) is 2.12. The van der Waals surface area contributed by atoms with E-state index < -0.39 is 17.9 Å². The molecule has 17 heavy (non-hydrogen) atoms. The molecule has 0 saturated carbocycles. The topological polar surface area (TPSA) is 118 Å². The van der Waals surface area contributed by atoms with E-state index in [9.17, 15) is 9.59 Å². The van der Waals surface area contributed by atoms with Crippen molar-refractivity contribution in [2.75, 3.05) is 5.32 Å². The lowest BCUT2D eigenvalue weighted by Crippen LogP contribution is -2.31. The molecular weight excluding hydrogens is 224 g/mol. The number of carboxylic acids is 1. The Labute approximate surface area is 98.1 Å². The lowest BCUT2D eigenvalue weighted by atomic mass is 10.1. The van der Waals surface area contributed by atoms with Crippen molar-refractivity contribution in [3.05, 3.63) is 18.1 Å². The van der Waals surface area contributed by atoms with Crippen molar-refractivity contribution in [1.82, 2.24) is 9.97 Å². The molecule has 0 aromatic carbocycles. The van der Waals surface area contributed by atoms with E-state index in [0.717, 1.165) is 0 Å². The van der Waals surface area contributed by atoms with Crippen molar-refractivity contribution in [3.63, 3.8) is 0 Å². The number of aromatic nitrogens is 2. The highest BCUT2D eigenvalue weighted by molar-refractivity contribution is 5.95. The molecule has 1 unspecified atom stereocenters. The lowest BCUT2D eigenvalue weighted by Gasteiger charge is -2.14. The molecular formula is C10H14N4O3. The van der Waals surface area contributed by atoms with Gasteiger partial charge in [0.2, 0.25) is 0 Å². The summed E-state index contributed by atoms with van der Waals surface area (Å²) in [5, 5.41) is 11.6. The van der Waals surface area contributed by atoms with Crippen molar-refractivity contribution in [3.8, 4) is 0 Å². The Bertz CT molecular complexity index is 422. The summed E-state index contributed by atoms with van der Waals surface area (Å²) < 4.78 is 0. The minimum atomic E-state index is -1.01. The van der Waals surface area contributed by atoms with E-state index >= 15 is 0 Å². The number of nitrogens with one attached hydrogen (secondary N) is 1. The van der Waals surface area contributed by atoms with Gasteiger partial charge >= 0.3 is 5.97 Å². The molecule has 7 heteroatoms. The number of nitrogens with zero attached hydrogens (tertiary/aromatic N) is 2. The maximum atomic E-state index is 11.1. The smallest absolute Gasteiger partial charge is 0.326 e. The second-order valence-electron chi connectivity index (χ2n) is 3.44. The molecule has 92 valence electrons. The maximum absolute atomic E-state index is 11.1. The van der Waals surface area contributed by atoms with E-state index in [-0.39, 0.29) is 11.5 Å². The number of aliphatic carboxylic acids is 1. The minimum absolute atomic E-state index is 0.0603. The third kappa shape index (κ3) is 3.40. The van der Waals surface area contributed by atoms with Crippen molar-refractivity contribution in [2.45, 2.75) is 25.8 Å². The highest BCUT2D eigenvalue weighted by Gasteiger charge is 2.19. The van der Waals surface area contributed by atoms with Crippen LogP contribution >= 0.6 is 0 Å². The fourth-order valence-electron chi connectivity index (χ4n) is 1.34. The second kappa shape index (κ2) is 5.78. The van der Waals surface area contributed by atoms with Gasteiger partial charge in [0.1, 0.15) is 6.04 Å². The standard InChI is InChI=1S/C10H14N4O3/c1-2-3-6(10(16)17)14-9-7(8(11)15)12-4-5-13-9/h4-6H,2-3H2,1H3,(H2,11,15)(H,13,14)(H,16,17). The van der Waals surface area contributed by atoms with Crippen LogP contribution in [0.15, 0.2) is 12.4 Å². The molecule has 7 nitrogen and oxygen atoms in total. The van der Waals surface area contributed by atoms with Gasteiger partial charge in [-0.25, -0.2) is 14.8 Å². The summed E-state index contributed by atoms with van der Waals surface area (Å²) >= 11 is 0. The summed E-state index contributed by atoms with van der Waals surface area (Å²) in [6, 6.07) is -0.810. The summed E-state index contributed by atoms with van der Waals surface area (Å²) in [5.74, 6) is -1.66. The van der Waals surface area contributed by atoms with Gasteiger partial charge in [-0.1, -0.05) is 13.3 Å². The Balaban J connectivity index is 2.92. The minimum Gasteiger partial charge on any atom is -0.480 e. The van der Waals surface area contributed by atoms with Crippen molar-refractivity contribution < 1.29 is 14.7 Å². The molecule has 1 heterocycles. The van der Waals surface area contributed by atoms with Gasteiger partial charge in [-0.15, -0.1) is 0 Å². The highest BCUT2D eigenvalue weighted by atomic mass is 16.4. The Kier molecular flexibility index (Phi) is 4.38. The molecule has 0 aliphatic rings. The summed E-state index contributed by atoms with van der Waals surface area (Å²) in [6.07, 6.45) is 3.79. The van der Waals surface area contributed by atoms with Gasteiger partial charge in [-0.05, 0) is 6.42 Å². The van der Waals surface area contributed by atoms with Gasteiger partial charge in [-0.2, -0.15) is 0 Å². The molecule has 0 saturated heterocycles. The van der Waals surface area contributed by atoms with E-state index in [1.54, 1.807) is 0 Å². The van der Waals surface area contributed by atoms with Crippen LogP contribution in [0.4, 0.5) is 5.82 Å². The van der Waals surface area contributed by atoms with Crippen molar-refractivity contribution in [1.29, 1.82) is 0 Å². The number of anilines is 1. The third-order valence-electron chi connectivity index (χ3n) is 2.12. The first-order chi connectivity index (χ1) is 8.06. The van der Waals surface area contributed by atoms with Gasteiger partial charge < -0.3 is 16.2 Å². The largest absolute Gasteiger partial charge is 0.480 e. The zero-order valence-corrected chi connectivity index (χ0v) is 9.38. The SMILES string of the molecule is CCCC(Nc1nccnc1C(N)=O)C(=O)O. The number of rotatable bonds is 6. The van der Waals surface area contributed by atoms with Crippen LogP contribution in [0.1, 0.15) is 30.3 Å². The van der Waals surface area contributed by atoms with E-state index in [0.29, 0.717) is 12.8 Å². The predicted molar refractivity (Wildman–Crippen MR) is 60.5 cm³/mol. The number of hydrogen-bond acceptors (Lipinski definition) is 5. The zero-order chi connectivity index (χ0) is 12.8. The molecule has 0 spiro atoms. The molecule has 1 aromatic heterocycles. The van der Waals surface area contributed by atoms with E-state index in [4.69, 9.17) is 10.8 Å². The zero-order valence-electron chi connectivity index (χ0n) is 9.38. The molecule has 0 bridgehead atoms. The average molecular weight is 238 g/mol. The Morgan fingerprint density at radius 3 is 2.65 bits per heavy atom. The van der Waals surface area contributed by atoms with Gasteiger partial charge in [-0.3, -0.25) is 4.79 Å². The van der Waals surface area contributed by atoms with Gasteiger partial charge in [0, 0.05) is 12.4 Å². The molecule has 1 aromatic rings. The fourth-order valence-corrected chi connectivity index (χ4v) is 1.34. The highest BCUT2D eigenvalue weighted by Crippen LogP contribution is 2.11.